The maximum Gasteiger partial charge on any atom is 0.256 e. The van der Waals surface area contributed by atoms with E-state index < -0.39 is 0 Å². The molecule has 0 atom stereocenters. The van der Waals surface area contributed by atoms with Crippen molar-refractivity contribution in [1.82, 2.24) is 24.5 Å². The van der Waals surface area contributed by atoms with Gasteiger partial charge in [0.2, 0.25) is 0 Å². The van der Waals surface area contributed by atoms with Gasteiger partial charge in [0.25, 0.3) is 5.91 Å². The number of anilines is 1. The first-order valence-electron chi connectivity index (χ1n) is 10.6. The lowest BCUT2D eigenvalue weighted by molar-refractivity contribution is 0.102. The van der Waals surface area contributed by atoms with Crippen LogP contribution in [0.3, 0.4) is 0 Å². The number of nitrogens with one attached hydrogen (secondary N) is 1. The molecule has 5 rings (SSSR count). The van der Waals surface area contributed by atoms with Gasteiger partial charge in [0.05, 0.1) is 41.4 Å². The first-order chi connectivity index (χ1) is 16.1. The molecule has 0 aliphatic heterocycles. The van der Waals surface area contributed by atoms with Gasteiger partial charge in [-0.25, -0.2) is 9.37 Å². The highest BCUT2D eigenvalue weighted by atomic mass is 19.1. The van der Waals surface area contributed by atoms with Crippen molar-refractivity contribution >= 4 is 22.5 Å². The van der Waals surface area contributed by atoms with Gasteiger partial charge in [0.1, 0.15) is 5.82 Å². The molecular weight excluding hydrogens is 419 g/mol. The van der Waals surface area contributed by atoms with E-state index in [2.05, 4.69) is 15.5 Å². The summed E-state index contributed by atoms with van der Waals surface area (Å²) in [6, 6.07) is 15.7. The fourth-order valence-corrected chi connectivity index (χ4v) is 3.72. The molecule has 1 N–H and O–H groups in total. The summed E-state index contributed by atoms with van der Waals surface area (Å²) in [5, 5.41) is 12.3. The summed E-state index contributed by atoms with van der Waals surface area (Å²) >= 11 is 0. The van der Waals surface area contributed by atoms with Crippen LogP contribution in [0.5, 0.6) is 0 Å². The summed E-state index contributed by atoms with van der Waals surface area (Å²) in [5.41, 5.74) is 4.11. The minimum absolute atomic E-state index is 0.261. The lowest BCUT2D eigenvalue weighted by Gasteiger charge is -2.09. The Hall–Kier alpha value is -4.33. The van der Waals surface area contributed by atoms with Gasteiger partial charge in [0, 0.05) is 29.9 Å². The fraction of sp³-hybridized carbons (Fsp3) is 0.120. The van der Waals surface area contributed by atoms with Crippen LogP contribution in [0.4, 0.5) is 10.1 Å². The number of para-hydroxylation sites is 1. The highest BCUT2D eigenvalue weighted by Gasteiger charge is 2.16. The number of benzene rings is 2. The van der Waals surface area contributed by atoms with Gasteiger partial charge in [0.15, 0.2) is 0 Å². The Balaban J connectivity index is 1.43. The molecule has 3 heterocycles. The van der Waals surface area contributed by atoms with Crippen LogP contribution < -0.4 is 5.32 Å². The average Bonchev–Trinajstić information content (AvgIpc) is 3.48. The van der Waals surface area contributed by atoms with E-state index in [4.69, 9.17) is 4.98 Å². The Morgan fingerprint density at radius 3 is 2.67 bits per heavy atom. The molecule has 3 aromatic heterocycles. The molecule has 164 valence electrons. The van der Waals surface area contributed by atoms with Crippen molar-refractivity contribution in [2.24, 2.45) is 0 Å². The molecule has 7 nitrogen and oxygen atoms in total. The van der Waals surface area contributed by atoms with E-state index in [1.807, 2.05) is 48.1 Å². The maximum atomic E-state index is 13.4. The van der Waals surface area contributed by atoms with Crippen LogP contribution >= 0.6 is 0 Å². The summed E-state index contributed by atoms with van der Waals surface area (Å²) in [5.74, 6) is -0.555. The van der Waals surface area contributed by atoms with E-state index in [0.29, 0.717) is 23.5 Å². The van der Waals surface area contributed by atoms with Crippen LogP contribution in [-0.4, -0.2) is 30.5 Å². The van der Waals surface area contributed by atoms with E-state index in [1.165, 1.54) is 12.1 Å². The molecule has 0 radical (unpaired) electrons. The molecule has 0 saturated heterocycles. The molecule has 5 aromatic rings. The molecule has 0 spiro atoms. The molecule has 0 bridgehead atoms. The Bertz CT molecular complexity index is 1450. The number of aryl methyl sites for hydroxylation is 1. The minimum atomic E-state index is -0.293. The second kappa shape index (κ2) is 8.66. The van der Waals surface area contributed by atoms with Gasteiger partial charge in [-0.1, -0.05) is 30.3 Å². The highest BCUT2D eigenvalue weighted by molar-refractivity contribution is 6.13. The Morgan fingerprint density at radius 1 is 1.00 bits per heavy atom. The van der Waals surface area contributed by atoms with Crippen molar-refractivity contribution in [3.8, 4) is 11.3 Å². The zero-order chi connectivity index (χ0) is 22.8. The smallest absolute Gasteiger partial charge is 0.256 e. The first-order valence-corrected chi connectivity index (χ1v) is 10.6. The van der Waals surface area contributed by atoms with E-state index in [9.17, 15) is 9.18 Å². The molecule has 0 unspecified atom stereocenters. The van der Waals surface area contributed by atoms with Gasteiger partial charge in [-0.2, -0.15) is 10.2 Å². The van der Waals surface area contributed by atoms with E-state index in [0.717, 1.165) is 28.6 Å². The van der Waals surface area contributed by atoms with Gasteiger partial charge in [-0.15, -0.1) is 0 Å². The number of aromatic nitrogens is 5. The quantitative estimate of drug-likeness (QED) is 0.413. The van der Waals surface area contributed by atoms with Gasteiger partial charge in [-0.05, 0) is 36.8 Å². The predicted molar refractivity (Wildman–Crippen MR) is 124 cm³/mol. The highest BCUT2D eigenvalue weighted by Crippen LogP contribution is 2.25. The number of pyridine rings is 1. The van der Waals surface area contributed by atoms with Crippen LogP contribution in [0, 0.1) is 5.82 Å². The molecule has 0 saturated carbocycles. The minimum Gasteiger partial charge on any atom is -0.319 e. The Kier molecular flexibility index (Phi) is 5.40. The number of amides is 1. The summed E-state index contributed by atoms with van der Waals surface area (Å²) in [6.07, 6.45) is 6.96. The summed E-state index contributed by atoms with van der Waals surface area (Å²) in [6.45, 7) is 3.16. The number of hydrogen-bond acceptors (Lipinski definition) is 4. The molecule has 2 aromatic carbocycles. The predicted octanol–water partition coefficient (Wildman–Crippen LogP) is 4.75. The largest absolute Gasteiger partial charge is 0.319 e. The number of carbonyl (C=O) groups excluding carboxylic acids is 1. The van der Waals surface area contributed by atoms with E-state index in [1.54, 1.807) is 35.4 Å². The zero-order valence-electron chi connectivity index (χ0n) is 17.9. The van der Waals surface area contributed by atoms with Crippen LogP contribution in [0.15, 0.2) is 79.4 Å². The fourth-order valence-electron chi connectivity index (χ4n) is 3.72. The maximum absolute atomic E-state index is 13.4. The van der Waals surface area contributed by atoms with Crippen LogP contribution in [0.25, 0.3) is 22.2 Å². The SMILES string of the molecule is CCn1cc(-c2cc(C(=O)Nc3cnn(Cc4cccc(F)c4)c3)c3ccccc3n2)cn1. The number of hydrogen-bond donors (Lipinski definition) is 1. The number of nitrogens with zero attached hydrogens (tertiary/aromatic N) is 5. The summed E-state index contributed by atoms with van der Waals surface area (Å²) in [7, 11) is 0. The lowest BCUT2D eigenvalue weighted by Crippen LogP contribution is -2.12. The molecular formula is C25H21FN6O. The molecule has 33 heavy (non-hydrogen) atoms. The third-order valence-electron chi connectivity index (χ3n) is 5.34. The number of carbonyl (C=O) groups is 1. The van der Waals surface area contributed by atoms with Crippen LogP contribution in [0.1, 0.15) is 22.8 Å². The molecule has 0 aliphatic rings. The van der Waals surface area contributed by atoms with Crippen molar-refractivity contribution in [3.63, 3.8) is 0 Å². The van der Waals surface area contributed by atoms with Crippen molar-refractivity contribution < 1.29 is 9.18 Å². The zero-order valence-corrected chi connectivity index (χ0v) is 17.9. The number of fused-ring (bicyclic) bond motifs is 1. The normalized spacial score (nSPS) is 11.1. The van der Waals surface area contributed by atoms with E-state index >= 15 is 0 Å². The molecule has 8 heteroatoms. The topological polar surface area (TPSA) is 77.6 Å². The van der Waals surface area contributed by atoms with Gasteiger partial charge >= 0.3 is 0 Å². The lowest BCUT2D eigenvalue weighted by atomic mass is 10.0. The average molecular weight is 440 g/mol. The molecule has 0 fully saturated rings. The second-order valence-corrected chi connectivity index (χ2v) is 7.67. The number of rotatable bonds is 6. The van der Waals surface area contributed by atoms with Crippen molar-refractivity contribution in [2.45, 2.75) is 20.0 Å². The van der Waals surface area contributed by atoms with Crippen molar-refractivity contribution in [1.29, 1.82) is 0 Å². The monoisotopic (exact) mass is 440 g/mol. The third kappa shape index (κ3) is 4.36. The summed E-state index contributed by atoms with van der Waals surface area (Å²) in [4.78, 5) is 18.0. The second-order valence-electron chi connectivity index (χ2n) is 7.67. The van der Waals surface area contributed by atoms with Crippen molar-refractivity contribution in [2.75, 3.05) is 5.32 Å². The summed E-state index contributed by atoms with van der Waals surface area (Å²) < 4.78 is 16.9. The van der Waals surface area contributed by atoms with Crippen LogP contribution in [0.2, 0.25) is 0 Å². The van der Waals surface area contributed by atoms with Crippen molar-refractivity contribution in [3.05, 3.63) is 96.3 Å². The van der Waals surface area contributed by atoms with Gasteiger partial charge < -0.3 is 5.32 Å². The van der Waals surface area contributed by atoms with Crippen LogP contribution in [-0.2, 0) is 13.1 Å². The third-order valence-corrected chi connectivity index (χ3v) is 5.34. The Morgan fingerprint density at radius 2 is 1.85 bits per heavy atom. The van der Waals surface area contributed by atoms with Gasteiger partial charge in [-0.3, -0.25) is 14.2 Å². The Labute approximate surface area is 189 Å². The first kappa shape index (κ1) is 20.6. The standard InChI is InChI=1S/C25H21FN6O/c1-2-31-15-18(12-27-31)24-11-22(21-8-3-4-9-23(21)30-24)25(33)29-20-13-28-32(16-20)14-17-6-5-7-19(26)10-17/h3-13,15-16H,2,14H2,1H3,(H,29,33). The molecule has 0 aliphatic carbocycles. The van der Waals surface area contributed by atoms with E-state index in [-0.39, 0.29) is 11.7 Å². The number of halogens is 1. The molecule has 1 amide bonds.